The van der Waals surface area contributed by atoms with Gasteiger partial charge in [-0.2, -0.15) is 0 Å². The molecule has 1 aromatic carbocycles. The summed E-state index contributed by atoms with van der Waals surface area (Å²) in [7, 11) is 8.58. The molecule has 1 saturated heterocycles. The number of unbranched alkanes of at least 4 members (excludes halogenated alkanes) is 1. The summed E-state index contributed by atoms with van der Waals surface area (Å²) >= 11 is 0. The molecule has 0 aliphatic carbocycles. The van der Waals surface area contributed by atoms with Gasteiger partial charge in [-0.3, -0.25) is 38.4 Å². The van der Waals surface area contributed by atoms with Crippen LogP contribution in [0.25, 0.3) is 10.9 Å². The van der Waals surface area contributed by atoms with Crippen LogP contribution in [0.2, 0.25) is 0 Å². The lowest BCUT2D eigenvalue weighted by Crippen LogP contribution is -2.59. The normalized spacial score (nSPS) is 23.2. The zero-order valence-electron chi connectivity index (χ0n) is 33.1. The van der Waals surface area contributed by atoms with E-state index in [1.165, 1.54) is 40.3 Å². The Morgan fingerprint density at radius 1 is 0.895 bits per heavy atom. The van der Waals surface area contributed by atoms with Gasteiger partial charge in [0, 0.05) is 41.6 Å². The highest BCUT2D eigenvalue weighted by molar-refractivity contribution is 8.76. The van der Waals surface area contributed by atoms with Crippen molar-refractivity contribution in [1.29, 1.82) is 0 Å². The van der Waals surface area contributed by atoms with Crippen LogP contribution in [-0.2, 0) is 44.8 Å². The van der Waals surface area contributed by atoms with E-state index in [-0.39, 0.29) is 25.1 Å². The molecule has 57 heavy (non-hydrogen) atoms. The summed E-state index contributed by atoms with van der Waals surface area (Å²) in [5, 5.41) is 23.1. The molecular formula is C37H56N9O9S2+. The molecular weight excluding hydrogens is 779 g/mol. The molecule has 314 valence electrons. The fourth-order valence-corrected chi connectivity index (χ4v) is 8.19. The van der Waals surface area contributed by atoms with Gasteiger partial charge in [0.15, 0.2) is 0 Å². The monoisotopic (exact) mass is 834 g/mol. The van der Waals surface area contributed by atoms with Crippen molar-refractivity contribution in [3.63, 3.8) is 0 Å². The number of carboxylic acids is 1. The van der Waals surface area contributed by atoms with Crippen LogP contribution in [0.3, 0.4) is 0 Å². The average Bonchev–Trinajstić information content (AvgIpc) is 3.55. The Balaban J connectivity index is 1.87. The highest BCUT2D eigenvalue weighted by Crippen LogP contribution is 2.23. The van der Waals surface area contributed by atoms with Crippen molar-refractivity contribution in [1.82, 2.24) is 36.5 Å². The van der Waals surface area contributed by atoms with Crippen LogP contribution in [0.4, 0.5) is 0 Å². The molecule has 0 bridgehead atoms. The van der Waals surface area contributed by atoms with E-state index >= 15 is 0 Å². The van der Waals surface area contributed by atoms with Crippen LogP contribution in [-0.4, -0.2) is 149 Å². The second-order valence-corrected chi connectivity index (χ2v) is 17.6. The standard InChI is InChI=1S/C37H55N9O9S2/c1-22-37(55)45(15-13-24-19-39-26-11-7-6-10-25(24)26)23(2)34(52)44-29(33(38)51)21-57-56-17-14-30(47)42-27(12-8-9-16-46(3,4)5)35(53)40-20-31(48)43-28(18-32(49)50)36(54)41-22/h6-7,10-11,19,22-23,27-29,39H,8-9,12-18,20-21H2,1-5H3,(H7-,38,40,41,42,43,44,47,48,49,50,51,52,53,54)/p+1. The second-order valence-electron chi connectivity index (χ2n) is 14.9. The molecule has 2 aromatic rings. The molecule has 0 radical (unpaired) electrons. The molecule has 1 aliphatic heterocycles. The lowest BCUT2D eigenvalue weighted by atomic mass is 10.1. The summed E-state index contributed by atoms with van der Waals surface area (Å²) in [5.41, 5.74) is 7.37. The Morgan fingerprint density at radius 3 is 2.28 bits per heavy atom. The highest BCUT2D eigenvalue weighted by atomic mass is 33.1. The maximum absolute atomic E-state index is 14.0. The number of hydrogen-bond acceptors (Lipinski definition) is 10. The number of amides is 7. The number of fused-ring (bicyclic) bond motifs is 1. The predicted molar refractivity (Wildman–Crippen MR) is 217 cm³/mol. The zero-order chi connectivity index (χ0) is 42.3. The van der Waals surface area contributed by atoms with Gasteiger partial charge in [0.1, 0.15) is 30.2 Å². The van der Waals surface area contributed by atoms with E-state index in [2.05, 4.69) is 31.6 Å². The number of carbonyl (C=O) groups excluding carboxylic acids is 7. The molecule has 5 atom stereocenters. The Kier molecular flexibility index (Phi) is 18.1. The quantitative estimate of drug-likeness (QED) is 0.0823. The minimum Gasteiger partial charge on any atom is -0.481 e. The van der Waals surface area contributed by atoms with Gasteiger partial charge in [0.2, 0.25) is 41.4 Å². The number of hydrogen-bond donors (Lipinski definition) is 8. The number of carbonyl (C=O) groups is 8. The molecule has 18 nitrogen and oxygen atoms in total. The zero-order valence-corrected chi connectivity index (χ0v) is 34.7. The first-order chi connectivity index (χ1) is 26.9. The summed E-state index contributed by atoms with van der Waals surface area (Å²) in [5.74, 6) is -6.18. The third-order valence-electron chi connectivity index (χ3n) is 9.22. The van der Waals surface area contributed by atoms with Crippen LogP contribution in [0.5, 0.6) is 0 Å². The highest BCUT2D eigenvalue weighted by Gasteiger charge is 2.34. The molecule has 0 spiro atoms. The van der Waals surface area contributed by atoms with Gasteiger partial charge in [0.05, 0.1) is 40.7 Å². The fourth-order valence-electron chi connectivity index (χ4n) is 6.03. The van der Waals surface area contributed by atoms with Gasteiger partial charge in [-0.15, -0.1) is 0 Å². The van der Waals surface area contributed by atoms with E-state index in [4.69, 9.17) is 5.73 Å². The number of H-pyrrole nitrogens is 1. The molecule has 2 heterocycles. The first-order valence-corrected chi connectivity index (χ1v) is 21.2. The Labute approximate surface area is 339 Å². The fraction of sp³-hybridized carbons (Fsp3) is 0.568. The van der Waals surface area contributed by atoms with E-state index < -0.39 is 90.5 Å². The van der Waals surface area contributed by atoms with Gasteiger partial charge in [-0.1, -0.05) is 39.8 Å². The number of nitrogens with zero attached hydrogens (tertiary/aromatic N) is 2. The molecule has 7 amide bonds. The Bertz CT molecular complexity index is 1770. The smallest absolute Gasteiger partial charge is 0.305 e. The molecule has 20 heteroatoms. The number of aromatic nitrogens is 1. The summed E-state index contributed by atoms with van der Waals surface area (Å²) in [6.07, 6.45) is 2.92. The molecule has 1 aromatic heterocycles. The van der Waals surface area contributed by atoms with Gasteiger partial charge >= 0.3 is 5.97 Å². The minimum atomic E-state index is -1.64. The third-order valence-corrected chi connectivity index (χ3v) is 11.6. The van der Waals surface area contributed by atoms with E-state index in [1.54, 1.807) is 6.20 Å². The van der Waals surface area contributed by atoms with Crippen molar-refractivity contribution in [3.8, 4) is 0 Å². The molecule has 9 N–H and O–H groups in total. The summed E-state index contributed by atoms with van der Waals surface area (Å²) in [6, 6.07) is 1.34. The van der Waals surface area contributed by atoms with Crippen LogP contribution in [0, 0.1) is 0 Å². The first-order valence-electron chi connectivity index (χ1n) is 18.7. The largest absolute Gasteiger partial charge is 0.481 e. The van der Waals surface area contributed by atoms with Crippen LogP contribution in [0.15, 0.2) is 30.5 Å². The summed E-state index contributed by atoms with van der Waals surface area (Å²) < 4.78 is 0.708. The van der Waals surface area contributed by atoms with E-state index in [0.717, 1.165) is 29.4 Å². The van der Waals surface area contributed by atoms with E-state index in [1.807, 2.05) is 45.4 Å². The third kappa shape index (κ3) is 15.6. The van der Waals surface area contributed by atoms with Gasteiger partial charge < -0.3 is 51.8 Å². The number of primary amides is 1. The van der Waals surface area contributed by atoms with Crippen LogP contribution >= 0.6 is 21.6 Å². The molecule has 5 unspecified atom stereocenters. The predicted octanol–water partition coefficient (Wildman–Crippen LogP) is -0.376. The minimum absolute atomic E-state index is 0.00910. The van der Waals surface area contributed by atoms with Crippen molar-refractivity contribution in [2.75, 3.05) is 52.3 Å². The van der Waals surface area contributed by atoms with Crippen LogP contribution < -0.4 is 32.3 Å². The molecule has 1 aliphatic rings. The van der Waals surface area contributed by atoms with Crippen molar-refractivity contribution in [2.24, 2.45) is 5.73 Å². The number of aromatic amines is 1. The van der Waals surface area contributed by atoms with Gasteiger partial charge in [0.25, 0.3) is 0 Å². The number of nitrogens with two attached hydrogens (primary N) is 1. The number of rotatable bonds is 11. The van der Waals surface area contributed by atoms with Crippen molar-refractivity contribution < 1.29 is 47.9 Å². The van der Waals surface area contributed by atoms with E-state index in [0.29, 0.717) is 23.1 Å². The second kappa shape index (κ2) is 22.2. The maximum Gasteiger partial charge on any atom is 0.305 e. The van der Waals surface area contributed by atoms with Crippen LogP contribution in [0.1, 0.15) is 51.5 Å². The molecule has 3 rings (SSSR count). The van der Waals surface area contributed by atoms with Crippen molar-refractivity contribution in [3.05, 3.63) is 36.0 Å². The van der Waals surface area contributed by atoms with Crippen molar-refractivity contribution in [2.45, 2.75) is 82.6 Å². The van der Waals surface area contributed by atoms with E-state index in [9.17, 15) is 43.5 Å². The average molecular weight is 835 g/mol. The number of carboxylic acid groups (broad SMARTS) is 1. The lowest BCUT2D eigenvalue weighted by molar-refractivity contribution is -0.870. The molecule has 1 fully saturated rings. The number of nitrogens with one attached hydrogen (secondary N) is 6. The number of aliphatic carboxylic acids is 1. The lowest BCUT2D eigenvalue weighted by Gasteiger charge is -2.32. The summed E-state index contributed by atoms with van der Waals surface area (Å²) in [6.45, 7) is 3.04. The topological polar surface area (TPSA) is 262 Å². The number of quaternary nitrogens is 1. The van der Waals surface area contributed by atoms with Gasteiger partial charge in [-0.05, 0) is 51.2 Å². The summed E-state index contributed by atoms with van der Waals surface area (Å²) in [4.78, 5) is 109. The van der Waals surface area contributed by atoms with Crippen molar-refractivity contribution >= 4 is 79.8 Å². The first kappa shape index (κ1) is 46.6. The number of para-hydroxylation sites is 1. The SMILES string of the molecule is CC1NC(=O)C(CC(=O)O)NC(=O)CNC(=O)C(CCCC[N+](C)(C)C)NC(=O)CCSSCC(C(N)=O)NC(=O)C(C)N(CCc2c[nH]c3ccccc23)C1=O. The Hall–Kier alpha value is -4.82. The Morgan fingerprint density at radius 2 is 1.60 bits per heavy atom. The maximum atomic E-state index is 14.0. The number of benzene rings is 1. The molecule has 0 saturated carbocycles. The van der Waals surface area contributed by atoms with Gasteiger partial charge in [-0.25, -0.2) is 0 Å².